The molecule has 4 heteroatoms. The predicted molar refractivity (Wildman–Crippen MR) is 255 cm³/mol. The molecule has 0 bridgehead atoms. The van der Waals surface area contributed by atoms with Gasteiger partial charge in [-0.2, -0.15) is 10.5 Å². The van der Waals surface area contributed by atoms with E-state index in [-0.39, 0.29) is 10.8 Å². The molecule has 2 aromatic heterocycles. The van der Waals surface area contributed by atoms with E-state index in [0.29, 0.717) is 22.5 Å². The molecule has 0 amide bonds. The molecule has 2 aliphatic rings. The number of benzene rings is 9. The summed E-state index contributed by atoms with van der Waals surface area (Å²) in [5.41, 5.74) is 15.9. The standard InChI is InChI=1S/C58H38N4/c1-57(2)43-25-21-33-13-5-7-15-37(33)51(43)53-45(57)27-23-41-39-17-9-11-19-47(39)61(55(41)53)49-29-36(32-60)50(30-35(49)31-59)62-48-20-12-10-18-40(48)42-24-28-46-54(56(42)62)52-38-16-8-6-14-34(38)22-26-44(52)58(46,3)4/h5-30H,1-4H3. The monoisotopic (exact) mass is 790 g/mol. The minimum atomic E-state index is -0.251. The van der Waals surface area contributed by atoms with Crippen LogP contribution in [0, 0.1) is 22.7 Å². The van der Waals surface area contributed by atoms with Gasteiger partial charge in [-0.05, 0) is 79.2 Å². The van der Waals surface area contributed by atoms with Gasteiger partial charge in [0.1, 0.15) is 12.1 Å². The van der Waals surface area contributed by atoms with Crippen molar-refractivity contribution >= 4 is 65.2 Å². The second-order valence-corrected chi connectivity index (χ2v) is 18.3. The zero-order chi connectivity index (χ0) is 41.8. The van der Waals surface area contributed by atoms with Crippen LogP contribution >= 0.6 is 0 Å². The molecule has 0 fully saturated rings. The van der Waals surface area contributed by atoms with Crippen LogP contribution in [0.5, 0.6) is 0 Å². The maximum Gasteiger partial charge on any atom is 0.101 e. The Balaban J connectivity index is 1.16. The lowest BCUT2D eigenvalue weighted by Crippen LogP contribution is -2.15. The molecule has 0 spiro atoms. The van der Waals surface area contributed by atoms with Crippen LogP contribution < -0.4 is 0 Å². The lowest BCUT2D eigenvalue weighted by atomic mass is 9.82. The van der Waals surface area contributed by atoms with Crippen LogP contribution in [0.1, 0.15) is 61.1 Å². The second-order valence-electron chi connectivity index (χ2n) is 18.3. The number of hydrogen-bond acceptors (Lipinski definition) is 2. The molecule has 0 saturated carbocycles. The number of nitriles is 2. The molecule has 11 aromatic rings. The van der Waals surface area contributed by atoms with Gasteiger partial charge in [-0.1, -0.05) is 161 Å². The van der Waals surface area contributed by atoms with Crippen LogP contribution in [0.3, 0.4) is 0 Å². The van der Waals surface area contributed by atoms with Crippen molar-refractivity contribution in [2.24, 2.45) is 0 Å². The molecule has 13 rings (SSSR count). The van der Waals surface area contributed by atoms with Gasteiger partial charge in [0.05, 0.1) is 44.6 Å². The average molecular weight is 791 g/mol. The number of nitrogens with zero attached hydrogens (tertiary/aromatic N) is 4. The predicted octanol–water partition coefficient (Wildman–Crippen LogP) is 14.5. The fourth-order valence-electron chi connectivity index (χ4n) is 11.7. The van der Waals surface area contributed by atoms with Gasteiger partial charge in [0, 0.05) is 43.5 Å². The van der Waals surface area contributed by atoms with E-state index in [4.69, 9.17) is 0 Å². The highest BCUT2D eigenvalue weighted by Gasteiger charge is 2.41. The van der Waals surface area contributed by atoms with Crippen LogP contribution in [0.15, 0.2) is 158 Å². The van der Waals surface area contributed by atoms with Crippen molar-refractivity contribution in [1.29, 1.82) is 10.5 Å². The van der Waals surface area contributed by atoms with Crippen molar-refractivity contribution in [1.82, 2.24) is 9.13 Å². The summed E-state index contributed by atoms with van der Waals surface area (Å²) in [5.74, 6) is 0. The largest absolute Gasteiger partial charge is 0.307 e. The van der Waals surface area contributed by atoms with E-state index in [9.17, 15) is 10.5 Å². The van der Waals surface area contributed by atoms with Gasteiger partial charge in [0.15, 0.2) is 0 Å². The Morgan fingerprint density at radius 3 is 1.15 bits per heavy atom. The molecule has 2 aliphatic carbocycles. The lowest BCUT2D eigenvalue weighted by molar-refractivity contribution is 0.661. The van der Waals surface area contributed by atoms with Gasteiger partial charge in [-0.15, -0.1) is 0 Å². The number of para-hydroxylation sites is 2. The summed E-state index contributed by atoms with van der Waals surface area (Å²) in [6.07, 6.45) is 0. The third kappa shape index (κ3) is 4.19. The van der Waals surface area contributed by atoms with Crippen molar-refractivity contribution in [3.63, 3.8) is 0 Å². The van der Waals surface area contributed by atoms with E-state index in [1.54, 1.807) is 0 Å². The number of fused-ring (bicyclic) bond motifs is 18. The molecule has 62 heavy (non-hydrogen) atoms. The highest BCUT2D eigenvalue weighted by atomic mass is 15.0. The van der Waals surface area contributed by atoms with Crippen molar-refractivity contribution < 1.29 is 0 Å². The van der Waals surface area contributed by atoms with Crippen molar-refractivity contribution in [3.05, 3.63) is 191 Å². The minimum Gasteiger partial charge on any atom is -0.307 e. The van der Waals surface area contributed by atoms with Crippen LogP contribution in [0.4, 0.5) is 0 Å². The van der Waals surface area contributed by atoms with E-state index in [2.05, 4.69) is 195 Å². The second kappa shape index (κ2) is 11.9. The van der Waals surface area contributed by atoms with Gasteiger partial charge in [-0.25, -0.2) is 0 Å². The Kier molecular flexibility index (Phi) is 6.69. The first-order valence-corrected chi connectivity index (χ1v) is 21.4. The summed E-state index contributed by atoms with van der Waals surface area (Å²) in [6.45, 7) is 9.28. The van der Waals surface area contributed by atoms with Crippen LogP contribution in [0.2, 0.25) is 0 Å². The smallest absolute Gasteiger partial charge is 0.101 e. The topological polar surface area (TPSA) is 57.4 Å². The summed E-state index contributed by atoms with van der Waals surface area (Å²) in [4.78, 5) is 0. The van der Waals surface area contributed by atoms with Crippen LogP contribution in [-0.2, 0) is 10.8 Å². The Labute approximate surface area is 358 Å². The fraction of sp³-hybridized carbons (Fsp3) is 0.103. The van der Waals surface area contributed by atoms with Crippen LogP contribution in [-0.4, -0.2) is 9.13 Å². The maximum absolute atomic E-state index is 11.4. The average Bonchev–Trinajstić information content (AvgIpc) is 3.97. The molecule has 0 radical (unpaired) electrons. The molecule has 0 unspecified atom stereocenters. The Bertz CT molecular complexity index is 3690. The number of aromatic nitrogens is 2. The fourth-order valence-corrected chi connectivity index (χ4v) is 11.7. The molecular formula is C58H38N4. The van der Waals surface area contributed by atoms with Gasteiger partial charge < -0.3 is 9.13 Å². The first-order valence-electron chi connectivity index (χ1n) is 21.4. The molecule has 9 aromatic carbocycles. The molecule has 4 nitrogen and oxygen atoms in total. The maximum atomic E-state index is 11.4. The Morgan fingerprint density at radius 1 is 0.371 bits per heavy atom. The van der Waals surface area contributed by atoms with E-state index >= 15 is 0 Å². The highest BCUT2D eigenvalue weighted by molar-refractivity contribution is 6.20. The summed E-state index contributed by atoms with van der Waals surface area (Å²) < 4.78 is 4.54. The molecule has 0 atom stereocenters. The van der Waals surface area contributed by atoms with E-state index in [1.165, 1.54) is 66.1 Å². The zero-order valence-corrected chi connectivity index (χ0v) is 34.8. The quantitative estimate of drug-likeness (QED) is 0.175. The summed E-state index contributed by atoms with van der Waals surface area (Å²) in [7, 11) is 0. The number of rotatable bonds is 2. The van der Waals surface area contributed by atoms with Gasteiger partial charge >= 0.3 is 0 Å². The van der Waals surface area contributed by atoms with Gasteiger partial charge in [0.2, 0.25) is 0 Å². The zero-order valence-electron chi connectivity index (χ0n) is 34.8. The van der Waals surface area contributed by atoms with E-state index < -0.39 is 0 Å². The molecule has 2 heterocycles. The van der Waals surface area contributed by atoms with Gasteiger partial charge in [-0.3, -0.25) is 0 Å². The van der Waals surface area contributed by atoms with E-state index in [1.807, 2.05) is 12.1 Å². The highest BCUT2D eigenvalue weighted by Crippen LogP contribution is 2.57. The van der Waals surface area contributed by atoms with Crippen molar-refractivity contribution in [2.45, 2.75) is 38.5 Å². The third-order valence-electron chi connectivity index (χ3n) is 14.6. The Hall–Kier alpha value is -7.92. The third-order valence-corrected chi connectivity index (χ3v) is 14.6. The molecule has 0 saturated heterocycles. The minimum absolute atomic E-state index is 0.251. The molecule has 0 N–H and O–H groups in total. The summed E-state index contributed by atoms with van der Waals surface area (Å²) >= 11 is 0. The van der Waals surface area contributed by atoms with Crippen LogP contribution in [0.25, 0.3) is 98.8 Å². The van der Waals surface area contributed by atoms with Gasteiger partial charge in [0.25, 0.3) is 0 Å². The van der Waals surface area contributed by atoms with E-state index in [0.717, 1.165) is 43.6 Å². The first kappa shape index (κ1) is 34.9. The lowest BCUT2D eigenvalue weighted by Gasteiger charge is -2.22. The summed E-state index contributed by atoms with van der Waals surface area (Å²) in [5, 5.41) is 32.0. The Morgan fingerprint density at radius 2 is 0.726 bits per heavy atom. The summed E-state index contributed by atoms with van der Waals surface area (Å²) in [6, 6.07) is 61.7. The number of hydrogen-bond donors (Lipinski definition) is 0. The normalized spacial score (nSPS) is 14.4. The van der Waals surface area contributed by atoms with Crippen molar-refractivity contribution in [2.75, 3.05) is 0 Å². The molecule has 0 aliphatic heterocycles. The first-order chi connectivity index (χ1) is 30.2. The van der Waals surface area contributed by atoms with Crippen molar-refractivity contribution in [3.8, 4) is 45.8 Å². The molecule has 290 valence electrons. The molecular weight excluding hydrogens is 753 g/mol. The SMILES string of the molecule is CC1(C)c2ccc3ccccc3c2-c2c1ccc1c3ccccc3n(-c3cc(C#N)c(-n4c5ccccc5c5ccc6c(c54)-c4c(ccc5ccccc45)C6(C)C)cc3C#N)c21.